The number of carbonyl (C=O) groups excluding carboxylic acids is 2. The predicted octanol–water partition coefficient (Wildman–Crippen LogP) is 6.14. The maximum atomic E-state index is 12.8. The van der Waals surface area contributed by atoms with Crippen LogP contribution >= 0.6 is 0 Å². The topological polar surface area (TPSA) is 67.4 Å². The Labute approximate surface area is 192 Å². The molecule has 4 aromatic carbocycles. The van der Waals surface area contributed by atoms with Crippen LogP contribution in [0.4, 0.5) is 11.4 Å². The number of hydrogen-bond acceptors (Lipinski definition) is 3. The fourth-order valence-electron chi connectivity index (χ4n) is 3.53. The van der Waals surface area contributed by atoms with Crippen LogP contribution in [0, 0.1) is 0 Å². The summed E-state index contributed by atoms with van der Waals surface area (Å²) in [5.74, 6) is 0.110. The van der Waals surface area contributed by atoms with Crippen LogP contribution < -0.4 is 15.4 Å². The molecule has 0 fully saturated rings. The molecule has 0 unspecified atom stereocenters. The van der Waals surface area contributed by atoms with Gasteiger partial charge in [0.2, 0.25) is 5.91 Å². The monoisotopic (exact) mass is 436 g/mol. The molecule has 5 heteroatoms. The number of para-hydroxylation sites is 1. The third-order valence-electron chi connectivity index (χ3n) is 5.09. The minimum Gasteiger partial charge on any atom is -0.494 e. The summed E-state index contributed by atoms with van der Waals surface area (Å²) in [6, 6.07) is 28.0. The van der Waals surface area contributed by atoms with E-state index in [1.165, 1.54) is 6.08 Å². The van der Waals surface area contributed by atoms with E-state index in [0.29, 0.717) is 23.5 Å². The average molecular weight is 437 g/mol. The van der Waals surface area contributed by atoms with E-state index in [-0.39, 0.29) is 11.8 Å². The van der Waals surface area contributed by atoms with Gasteiger partial charge in [0.1, 0.15) is 5.75 Å². The highest BCUT2D eigenvalue weighted by atomic mass is 16.5. The molecule has 0 aliphatic heterocycles. The molecule has 0 saturated heterocycles. The van der Waals surface area contributed by atoms with Gasteiger partial charge in [0, 0.05) is 11.8 Å². The van der Waals surface area contributed by atoms with Crippen LogP contribution in [0.1, 0.15) is 22.8 Å². The van der Waals surface area contributed by atoms with E-state index >= 15 is 0 Å². The second-order valence-corrected chi connectivity index (χ2v) is 7.35. The minimum absolute atomic E-state index is 0.312. The van der Waals surface area contributed by atoms with E-state index in [2.05, 4.69) is 10.6 Å². The molecule has 0 bridgehead atoms. The number of benzene rings is 4. The standard InChI is InChI=1S/C28H24N2O3/c1-2-33-23-17-15-22(16-18-23)29-28(32)25-12-5-6-13-26(25)30-27(31)19-14-21-10-7-9-20-8-3-4-11-24(20)21/h3-19H,2H2,1H3,(H,29,32)(H,30,31). The SMILES string of the molecule is CCOc1ccc(NC(=O)c2ccccc2NC(=O)C=Cc2cccc3ccccc23)cc1. The molecular weight excluding hydrogens is 412 g/mol. The predicted molar refractivity (Wildman–Crippen MR) is 134 cm³/mol. The molecule has 0 aliphatic rings. The summed E-state index contributed by atoms with van der Waals surface area (Å²) in [5.41, 5.74) is 2.40. The number of nitrogens with one attached hydrogen (secondary N) is 2. The van der Waals surface area contributed by atoms with Crippen LogP contribution in [-0.2, 0) is 4.79 Å². The molecule has 0 heterocycles. The quantitative estimate of drug-likeness (QED) is 0.342. The first-order valence-corrected chi connectivity index (χ1v) is 10.7. The first-order valence-electron chi connectivity index (χ1n) is 10.7. The zero-order chi connectivity index (χ0) is 23.0. The van der Waals surface area contributed by atoms with Crippen LogP contribution in [-0.4, -0.2) is 18.4 Å². The molecule has 5 nitrogen and oxygen atoms in total. The van der Waals surface area contributed by atoms with E-state index in [4.69, 9.17) is 4.74 Å². The van der Waals surface area contributed by atoms with Gasteiger partial charge in [-0.2, -0.15) is 0 Å². The summed E-state index contributed by atoms with van der Waals surface area (Å²) in [4.78, 5) is 25.5. The van der Waals surface area contributed by atoms with Gasteiger partial charge in [0.15, 0.2) is 0 Å². The Morgan fingerprint density at radius 2 is 1.55 bits per heavy atom. The third-order valence-corrected chi connectivity index (χ3v) is 5.09. The number of rotatable bonds is 7. The Morgan fingerprint density at radius 3 is 2.36 bits per heavy atom. The minimum atomic E-state index is -0.316. The highest BCUT2D eigenvalue weighted by molar-refractivity contribution is 6.12. The van der Waals surface area contributed by atoms with E-state index in [1.807, 2.05) is 49.4 Å². The molecule has 0 aromatic heterocycles. The van der Waals surface area contributed by atoms with Crippen molar-refractivity contribution < 1.29 is 14.3 Å². The smallest absolute Gasteiger partial charge is 0.257 e. The Morgan fingerprint density at radius 1 is 0.818 bits per heavy atom. The van der Waals surface area contributed by atoms with E-state index in [0.717, 1.165) is 22.1 Å². The number of fused-ring (bicyclic) bond motifs is 1. The van der Waals surface area contributed by atoms with Crippen molar-refractivity contribution in [3.05, 3.63) is 108 Å². The van der Waals surface area contributed by atoms with E-state index in [1.54, 1.807) is 54.6 Å². The summed E-state index contributed by atoms with van der Waals surface area (Å²) in [6.45, 7) is 2.49. The lowest BCUT2D eigenvalue weighted by Crippen LogP contribution is -2.17. The third kappa shape index (κ3) is 5.46. The molecule has 0 spiro atoms. The fraction of sp³-hybridized carbons (Fsp3) is 0.0714. The molecule has 0 radical (unpaired) electrons. The van der Waals surface area contributed by atoms with Gasteiger partial charge in [-0.3, -0.25) is 9.59 Å². The summed E-state index contributed by atoms with van der Waals surface area (Å²) in [5, 5.41) is 7.85. The van der Waals surface area contributed by atoms with Gasteiger partial charge >= 0.3 is 0 Å². The molecule has 2 amide bonds. The Balaban J connectivity index is 1.47. The van der Waals surface area contributed by atoms with Gasteiger partial charge in [0.05, 0.1) is 17.9 Å². The van der Waals surface area contributed by atoms with Gasteiger partial charge in [-0.25, -0.2) is 0 Å². The Bertz CT molecular complexity index is 1310. The molecule has 4 aromatic rings. The van der Waals surface area contributed by atoms with Crippen molar-refractivity contribution in [2.24, 2.45) is 0 Å². The fourth-order valence-corrected chi connectivity index (χ4v) is 3.53. The lowest BCUT2D eigenvalue weighted by molar-refractivity contribution is -0.111. The lowest BCUT2D eigenvalue weighted by Gasteiger charge is -2.11. The number of ether oxygens (including phenoxy) is 1. The van der Waals surface area contributed by atoms with Crippen molar-refractivity contribution in [2.45, 2.75) is 6.92 Å². The van der Waals surface area contributed by atoms with Crippen LogP contribution in [0.15, 0.2) is 97.1 Å². The zero-order valence-electron chi connectivity index (χ0n) is 18.2. The normalized spacial score (nSPS) is 10.8. The van der Waals surface area contributed by atoms with Gasteiger partial charge in [-0.05, 0) is 65.7 Å². The summed E-state index contributed by atoms with van der Waals surface area (Å²) in [6.07, 6.45) is 3.25. The molecular formula is C28H24N2O3. The molecule has 0 saturated carbocycles. The van der Waals surface area contributed by atoms with Crippen molar-refractivity contribution in [1.29, 1.82) is 0 Å². The first-order chi connectivity index (χ1) is 16.1. The van der Waals surface area contributed by atoms with Crippen molar-refractivity contribution in [3.63, 3.8) is 0 Å². The maximum Gasteiger partial charge on any atom is 0.257 e. The number of hydrogen-bond donors (Lipinski definition) is 2. The van der Waals surface area contributed by atoms with Gasteiger partial charge in [0.25, 0.3) is 5.91 Å². The zero-order valence-corrected chi connectivity index (χ0v) is 18.2. The van der Waals surface area contributed by atoms with Crippen molar-refractivity contribution in [1.82, 2.24) is 0 Å². The maximum absolute atomic E-state index is 12.8. The first kappa shape index (κ1) is 21.8. The second-order valence-electron chi connectivity index (χ2n) is 7.35. The Kier molecular flexibility index (Phi) is 6.81. The van der Waals surface area contributed by atoms with Crippen molar-refractivity contribution >= 4 is 40.0 Å². The molecule has 164 valence electrons. The molecule has 0 atom stereocenters. The van der Waals surface area contributed by atoms with Gasteiger partial charge < -0.3 is 15.4 Å². The second kappa shape index (κ2) is 10.3. The number of anilines is 2. The van der Waals surface area contributed by atoms with Gasteiger partial charge in [-0.1, -0.05) is 54.6 Å². The number of amides is 2. The van der Waals surface area contributed by atoms with Crippen LogP contribution in [0.2, 0.25) is 0 Å². The van der Waals surface area contributed by atoms with Crippen LogP contribution in [0.3, 0.4) is 0 Å². The Hall–Kier alpha value is -4.38. The summed E-state index contributed by atoms with van der Waals surface area (Å²) >= 11 is 0. The molecule has 33 heavy (non-hydrogen) atoms. The highest BCUT2D eigenvalue weighted by Gasteiger charge is 2.13. The van der Waals surface area contributed by atoms with Crippen molar-refractivity contribution in [2.75, 3.05) is 17.2 Å². The lowest BCUT2D eigenvalue weighted by atomic mass is 10.0. The highest BCUT2D eigenvalue weighted by Crippen LogP contribution is 2.21. The summed E-state index contributed by atoms with van der Waals surface area (Å²) < 4.78 is 5.43. The van der Waals surface area contributed by atoms with Crippen LogP contribution in [0.5, 0.6) is 5.75 Å². The van der Waals surface area contributed by atoms with E-state index in [9.17, 15) is 9.59 Å². The van der Waals surface area contributed by atoms with Crippen molar-refractivity contribution in [3.8, 4) is 5.75 Å². The average Bonchev–Trinajstić information content (AvgIpc) is 2.84. The number of carbonyl (C=O) groups is 2. The van der Waals surface area contributed by atoms with Crippen LogP contribution in [0.25, 0.3) is 16.8 Å². The largest absolute Gasteiger partial charge is 0.494 e. The summed E-state index contributed by atoms with van der Waals surface area (Å²) in [7, 11) is 0. The molecule has 0 aliphatic carbocycles. The molecule has 4 rings (SSSR count). The van der Waals surface area contributed by atoms with E-state index < -0.39 is 0 Å². The molecule has 2 N–H and O–H groups in total. The van der Waals surface area contributed by atoms with Gasteiger partial charge in [-0.15, -0.1) is 0 Å².